The SMILES string of the molecule is CC(C)C(C(=O)O)C(=O)Nc1c[nH]c2ccccc12. The number of benzene rings is 1. The molecule has 1 atom stereocenters. The molecule has 0 bridgehead atoms. The minimum atomic E-state index is -1.10. The van der Waals surface area contributed by atoms with Gasteiger partial charge < -0.3 is 15.4 Å². The number of anilines is 1. The Morgan fingerprint density at radius 3 is 2.58 bits per heavy atom. The average molecular weight is 260 g/mol. The first-order valence-corrected chi connectivity index (χ1v) is 6.10. The van der Waals surface area contributed by atoms with E-state index < -0.39 is 17.8 Å². The lowest BCUT2D eigenvalue weighted by atomic mass is 9.95. The Morgan fingerprint density at radius 2 is 1.95 bits per heavy atom. The number of fused-ring (bicyclic) bond motifs is 1. The number of hydrogen-bond acceptors (Lipinski definition) is 2. The highest BCUT2D eigenvalue weighted by molar-refractivity contribution is 6.08. The van der Waals surface area contributed by atoms with Gasteiger partial charge in [-0.05, 0) is 12.0 Å². The molecular weight excluding hydrogens is 244 g/mol. The van der Waals surface area contributed by atoms with E-state index in [2.05, 4.69) is 10.3 Å². The molecule has 5 nitrogen and oxygen atoms in total. The number of carbonyl (C=O) groups is 2. The average Bonchev–Trinajstić information content (AvgIpc) is 2.72. The molecule has 1 amide bonds. The second-order valence-electron chi connectivity index (χ2n) is 4.80. The number of aromatic amines is 1. The van der Waals surface area contributed by atoms with Crippen molar-refractivity contribution in [2.24, 2.45) is 11.8 Å². The fourth-order valence-corrected chi connectivity index (χ4v) is 2.09. The van der Waals surface area contributed by atoms with E-state index in [1.165, 1.54) is 0 Å². The summed E-state index contributed by atoms with van der Waals surface area (Å²) in [6.45, 7) is 3.43. The van der Waals surface area contributed by atoms with Crippen LogP contribution in [-0.2, 0) is 9.59 Å². The van der Waals surface area contributed by atoms with Gasteiger partial charge in [-0.1, -0.05) is 32.0 Å². The maximum absolute atomic E-state index is 12.0. The third-order valence-electron chi connectivity index (χ3n) is 3.06. The Hall–Kier alpha value is -2.30. The van der Waals surface area contributed by atoms with Crippen LogP contribution in [0.2, 0.25) is 0 Å². The number of hydrogen-bond donors (Lipinski definition) is 3. The first-order chi connectivity index (χ1) is 9.00. The van der Waals surface area contributed by atoms with E-state index in [4.69, 9.17) is 5.11 Å². The van der Waals surface area contributed by atoms with E-state index >= 15 is 0 Å². The minimum absolute atomic E-state index is 0.261. The maximum Gasteiger partial charge on any atom is 0.316 e. The van der Waals surface area contributed by atoms with Gasteiger partial charge in [0.05, 0.1) is 5.69 Å². The van der Waals surface area contributed by atoms with Crippen molar-refractivity contribution in [3.63, 3.8) is 0 Å². The highest BCUT2D eigenvalue weighted by Gasteiger charge is 2.29. The van der Waals surface area contributed by atoms with E-state index in [9.17, 15) is 9.59 Å². The van der Waals surface area contributed by atoms with Crippen LogP contribution in [0.3, 0.4) is 0 Å². The smallest absolute Gasteiger partial charge is 0.316 e. The molecule has 100 valence electrons. The number of carboxylic acids is 1. The molecule has 1 aromatic heterocycles. The molecule has 0 saturated carbocycles. The fourth-order valence-electron chi connectivity index (χ4n) is 2.09. The Morgan fingerprint density at radius 1 is 1.26 bits per heavy atom. The van der Waals surface area contributed by atoms with Crippen LogP contribution in [0, 0.1) is 11.8 Å². The van der Waals surface area contributed by atoms with E-state index in [1.54, 1.807) is 20.0 Å². The van der Waals surface area contributed by atoms with Gasteiger partial charge in [-0.15, -0.1) is 0 Å². The van der Waals surface area contributed by atoms with Crippen LogP contribution in [-0.4, -0.2) is 22.0 Å². The molecule has 19 heavy (non-hydrogen) atoms. The number of rotatable bonds is 4. The van der Waals surface area contributed by atoms with Crippen LogP contribution in [0.5, 0.6) is 0 Å². The van der Waals surface area contributed by atoms with E-state index in [-0.39, 0.29) is 5.92 Å². The lowest BCUT2D eigenvalue weighted by molar-refractivity contribution is -0.147. The third kappa shape index (κ3) is 2.59. The van der Waals surface area contributed by atoms with Crippen molar-refractivity contribution in [3.05, 3.63) is 30.5 Å². The van der Waals surface area contributed by atoms with E-state index in [0.717, 1.165) is 10.9 Å². The van der Waals surface area contributed by atoms with Gasteiger partial charge in [0, 0.05) is 17.1 Å². The van der Waals surface area contributed by atoms with Crippen LogP contribution >= 0.6 is 0 Å². The lowest BCUT2D eigenvalue weighted by Gasteiger charge is -2.15. The Kier molecular flexibility index (Phi) is 3.55. The molecule has 2 rings (SSSR count). The normalized spacial score (nSPS) is 12.6. The summed E-state index contributed by atoms with van der Waals surface area (Å²) in [5, 5.41) is 12.6. The molecule has 1 unspecified atom stereocenters. The Balaban J connectivity index is 2.25. The molecule has 0 fully saturated rings. The van der Waals surface area contributed by atoms with Gasteiger partial charge in [0.25, 0.3) is 0 Å². The topological polar surface area (TPSA) is 82.2 Å². The van der Waals surface area contributed by atoms with Gasteiger partial charge in [-0.3, -0.25) is 9.59 Å². The van der Waals surface area contributed by atoms with Gasteiger partial charge in [0.1, 0.15) is 5.92 Å². The van der Waals surface area contributed by atoms with Gasteiger partial charge in [0.2, 0.25) is 5.91 Å². The van der Waals surface area contributed by atoms with Gasteiger partial charge in [-0.2, -0.15) is 0 Å². The summed E-state index contributed by atoms with van der Waals surface area (Å²) in [6.07, 6.45) is 1.67. The summed E-state index contributed by atoms with van der Waals surface area (Å²) in [5.41, 5.74) is 1.50. The van der Waals surface area contributed by atoms with Crippen molar-refractivity contribution in [1.29, 1.82) is 0 Å². The number of para-hydroxylation sites is 1. The number of aliphatic carboxylic acids is 1. The maximum atomic E-state index is 12.0. The zero-order valence-corrected chi connectivity index (χ0v) is 10.8. The highest BCUT2D eigenvalue weighted by Crippen LogP contribution is 2.24. The van der Waals surface area contributed by atoms with Crippen molar-refractivity contribution in [3.8, 4) is 0 Å². The molecule has 0 spiro atoms. The summed E-state index contributed by atoms with van der Waals surface area (Å²) in [6, 6.07) is 7.51. The predicted molar refractivity (Wildman–Crippen MR) is 72.9 cm³/mol. The highest BCUT2D eigenvalue weighted by atomic mass is 16.4. The number of carboxylic acid groups (broad SMARTS) is 1. The van der Waals surface area contributed by atoms with Crippen LogP contribution in [0.1, 0.15) is 13.8 Å². The van der Waals surface area contributed by atoms with Crippen molar-refractivity contribution in [2.45, 2.75) is 13.8 Å². The molecule has 0 aliphatic heterocycles. The van der Waals surface area contributed by atoms with Crippen molar-refractivity contribution in [2.75, 3.05) is 5.32 Å². The number of amides is 1. The predicted octanol–water partition coefficient (Wildman–Crippen LogP) is 2.46. The molecule has 3 N–H and O–H groups in total. The molecule has 0 saturated heterocycles. The summed E-state index contributed by atoms with van der Waals surface area (Å²) >= 11 is 0. The van der Waals surface area contributed by atoms with Crippen LogP contribution in [0.4, 0.5) is 5.69 Å². The molecule has 5 heteroatoms. The summed E-state index contributed by atoms with van der Waals surface area (Å²) in [5.74, 6) is -2.91. The molecule has 0 aliphatic rings. The van der Waals surface area contributed by atoms with E-state index in [1.807, 2.05) is 24.3 Å². The summed E-state index contributed by atoms with van der Waals surface area (Å²) < 4.78 is 0. The number of aromatic nitrogens is 1. The molecular formula is C14H16N2O3. The second kappa shape index (κ2) is 5.14. The van der Waals surface area contributed by atoms with Crippen molar-refractivity contribution < 1.29 is 14.7 Å². The summed E-state index contributed by atoms with van der Waals surface area (Å²) in [7, 11) is 0. The molecule has 0 aliphatic carbocycles. The summed E-state index contributed by atoms with van der Waals surface area (Å²) in [4.78, 5) is 26.2. The minimum Gasteiger partial charge on any atom is -0.481 e. The second-order valence-corrected chi connectivity index (χ2v) is 4.80. The van der Waals surface area contributed by atoms with Crippen molar-refractivity contribution in [1.82, 2.24) is 4.98 Å². The Labute approximate surface area is 110 Å². The van der Waals surface area contributed by atoms with Crippen molar-refractivity contribution >= 4 is 28.5 Å². The molecule has 1 aromatic carbocycles. The molecule has 0 radical (unpaired) electrons. The Bertz CT molecular complexity index is 616. The van der Waals surface area contributed by atoms with Crippen LogP contribution in [0.25, 0.3) is 10.9 Å². The standard InChI is InChI=1S/C14H16N2O3/c1-8(2)12(14(18)19)13(17)16-11-7-15-10-6-4-3-5-9(10)11/h3-8,12,15H,1-2H3,(H,16,17)(H,18,19). The number of nitrogens with one attached hydrogen (secondary N) is 2. The number of carbonyl (C=O) groups excluding carboxylic acids is 1. The van der Waals surface area contributed by atoms with Crippen LogP contribution < -0.4 is 5.32 Å². The monoisotopic (exact) mass is 260 g/mol. The molecule has 1 heterocycles. The molecule has 2 aromatic rings. The van der Waals surface area contributed by atoms with Gasteiger partial charge in [-0.25, -0.2) is 0 Å². The third-order valence-corrected chi connectivity index (χ3v) is 3.06. The fraction of sp³-hybridized carbons (Fsp3) is 0.286. The van der Waals surface area contributed by atoms with E-state index in [0.29, 0.717) is 5.69 Å². The largest absolute Gasteiger partial charge is 0.481 e. The first kappa shape index (κ1) is 13.1. The van der Waals surface area contributed by atoms with Gasteiger partial charge in [0.15, 0.2) is 0 Å². The quantitative estimate of drug-likeness (QED) is 0.738. The lowest BCUT2D eigenvalue weighted by Crippen LogP contribution is -2.33. The zero-order chi connectivity index (χ0) is 14.0. The van der Waals surface area contributed by atoms with Gasteiger partial charge >= 0.3 is 5.97 Å². The van der Waals surface area contributed by atoms with Crippen LogP contribution in [0.15, 0.2) is 30.5 Å². The number of H-pyrrole nitrogens is 1. The first-order valence-electron chi connectivity index (χ1n) is 6.10. The zero-order valence-electron chi connectivity index (χ0n) is 10.8.